The van der Waals surface area contributed by atoms with Gasteiger partial charge in [-0.2, -0.15) is 0 Å². The van der Waals surface area contributed by atoms with Gasteiger partial charge in [-0.1, -0.05) is 0 Å². The molecule has 3 amide bonds. The summed E-state index contributed by atoms with van der Waals surface area (Å²) in [5.74, 6) is 0.861. The van der Waals surface area contributed by atoms with E-state index in [9.17, 15) is 9.59 Å². The molecule has 25 heavy (non-hydrogen) atoms. The summed E-state index contributed by atoms with van der Waals surface area (Å²) < 4.78 is 5.43. The molecule has 1 aromatic carbocycles. The van der Waals surface area contributed by atoms with E-state index in [1.807, 2.05) is 45.6 Å². The highest BCUT2D eigenvalue weighted by molar-refractivity contribution is 5.96. The second-order valence-electron chi connectivity index (χ2n) is 6.91. The Morgan fingerprint density at radius 3 is 2.12 bits per heavy atom. The maximum Gasteiger partial charge on any atom is 0.317 e. The summed E-state index contributed by atoms with van der Waals surface area (Å²) in [5, 5.41) is 2.89. The molecule has 1 aromatic rings. The van der Waals surface area contributed by atoms with Crippen LogP contribution in [0.15, 0.2) is 6.07 Å². The second-order valence-corrected chi connectivity index (χ2v) is 6.91. The number of rotatable bonds is 3. The van der Waals surface area contributed by atoms with Crippen LogP contribution in [0.25, 0.3) is 0 Å². The van der Waals surface area contributed by atoms with Gasteiger partial charge in [0.2, 0.25) is 0 Å². The smallest absolute Gasteiger partial charge is 0.317 e. The predicted octanol–water partition coefficient (Wildman–Crippen LogP) is 2.50. The molecule has 2 rings (SSSR count). The molecule has 1 aliphatic heterocycles. The summed E-state index contributed by atoms with van der Waals surface area (Å²) in [6.07, 6.45) is 0. The molecule has 0 atom stereocenters. The maximum atomic E-state index is 12.9. The fourth-order valence-electron chi connectivity index (χ4n) is 3.22. The van der Waals surface area contributed by atoms with Crippen molar-refractivity contribution in [1.82, 2.24) is 15.1 Å². The first-order valence-corrected chi connectivity index (χ1v) is 8.75. The molecule has 0 saturated carbocycles. The predicted molar refractivity (Wildman–Crippen MR) is 98.3 cm³/mol. The average molecular weight is 347 g/mol. The normalized spacial score (nSPS) is 14.7. The molecule has 0 aromatic heterocycles. The van der Waals surface area contributed by atoms with Crippen LogP contribution in [0.3, 0.4) is 0 Å². The highest BCUT2D eigenvalue weighted by Gasteiger charge is 2.26. The third-order valence-electron chi connectivity index (χ3n) is 4.73. The number of carbonyl (C=O) groups is 2. The highest BCUT2D eigenvalue weighted by atomic mass is 16.5. The van der Waals surface area contributed by atoms with Crippen LogP contribution in [0.4, 0.5) is 4.79 Å². The fraction of sp³-hybridized carbons (Fsp3) is 0.579. The van der Waals surface area contributed by atoms with Crippen LogP contribution in [0.2, 0.25) is 0 Å². The van der Waals surface area contributed by atoms with Gasteiger partial charge in [0, 0.05) is 37.8 Å². The van der Waals surface area contributed by atoms with Gasteiger partial charge in [-0.25, -0.2) is 4.79 Å². The van der Waals surface area contributed by atoms with E-state index in [2.05, 4.69) is 5.32 Å². The molecular weight excluding hydrogens is 318 g/mol. The van der Waals surface area contributed by atoms with Crippen molar-refractivity contribution < 1.29 is 14.3 Å². The van der Waals surface area contributed by atoms with Gasteiger partial charge in [0.1, 0.15) is 5.75 Å². The van der Waals surface area contributed by atoms with Gasteiger partial charge in [-0.15, -0.1) is 0 Å². The van der Waals surface area contributed by atoms with Gasteiger partial charge in [0.15, 0.2) is 0 Å². The van der Waals surface area contributed by atoms with Crippen molar-refractivity contribution in [3.8, 4) is 5.75 Å². The van der Waals surface area contributed by atoms with Gasteiger partial charge in [-0.3, -0.25) is 4.79 Å². The van der Waals surface area contributed by atoms with Gasteiger partial charge in [-0.05, 0) is 57.4 Å². The number of hydrogen-bond donors (Lipinski definition) is 1. The molecule has 1 heterocycles. The van der Waals surface area contributed by atoms with E-state index in [1.165, 1.54) is 0 Å². The first kappa shape index (κ1) is 19.1. The van der Waals surface area contributed by atoms with Gasteiger partial charge in [0.25, 0.3) is 5.91 Å². The van der Waals surface area contributed by atoms with Gasteiger partial charge in [0.05, 0.1) is 7.11 Å². The number of benzene rings is 1. The largest absolute Gasteiger partial charge is 0.496 e. The third-order valence-corrected chi connectivity index (χ3v) is 4.73. The summed E-state index contributed by atoms with van der Waals surface area (Å²) in [6, 6.07) is 1.95. The topological polar surface area (TPSA) is 61.9 Å². The molecular formula is C19H29N3O3. The van der Waals surface area contributed by atoms with Crippen molar-refractivity contribution in [3.05, 3.63) is 28.3 Å². The number of nitrogens with one attached hydrogen (secondary N) is 1. The number of nitrogens with zero attached hydrogens (tertiary/aromatic N) is 2. The monoisotopic (exact) mass is 347 g/mol. The zero-order valence-electron chi connectivity index (χ0n) is 16.1. The second kappa shape index (κ2) is 7.76. The SMILES string of the molecule is COc1c(C)cc(C(=O)N2CCN(C(=O)NC(C)C)CC2)c(C)c1C. The molecule has 0 spiro atoms. The molecule has 1 N–H and O–H groups in total. The zero-order valence-corrected chi connectivity index (χ0v) is 16.1. The van der Waals surface area contributed by atoms with Crippen LogP contribution < -0.4 is 10.1 Å². The van der Waals surface area contributed by atoms with Crippen molar-refractivity contribution in [1.29, 1.82) is 0 Å². The summed E-state index contributed by atoms with van der Waals surface area (Å²) in [5.41, 5.74) is 3.63. The number of aryl methyl sites for hydroxylation is 1. The van der Waals surface area contributed by atoms with Crippen molar-refractivity contribution in [3.63, 3.8) is 0 Å². The number of ether oxygens (including phenoxy) is 1. The average Bonchev–Trinajstić information content (AvgIpc) is 2.57. The minimum absolute atomic E-state index is 0.0234. The molecule has 1 fully saturated rings. The van der Waals surface area contributed by atoms with Crippen LogP contribution >= 0.6 is 0 Å². The molecule has 0 radical (unpaired) electrons. The van der Waals surface area contributed by atoms with Crippen molar-refractivity contribution in [2.24, 2.45) is 0 Å². The Hall–Kier alpha value is -2.24. The molecule has 6 nitrogen and oxygen atoms in total. The minimum Gasteiger partial charge on any atom is -0.496 e. The number of piperazine rings is 1. The maximum absolute atomic E-state index is 12.9. The Kier molecular flexibility index (Phi) is 5.93. The molecule has 6 heteroatoms. The summed E-state index contributed by atoms with van der Waals surface area (Å²) in [6.45, 7) is 12.0. The van der Waals surface area contributed by atoms with E-state index in [1.54, 1.807) is 12.0 Å². The lowest BCUT2D eigenvalue weighted by atomic mass is 9.97. The highest BCUT2D eigenvalue weighted by Crippen LogP contribution is 2.29. The van der Waals surface area contributed by atoms with Crippen LogP contribution in [-0.2, 0) is 0 Å². The third kappa shape index (κ3) is 4.06. The minimum atomic E-state index is -0.0607. The van der Waals surface area contributed by atoms with E-state index in [-0.39, 0.29) is 18.0 Å². The van der Waals surface area contributed by atoms with E-state index < -0.39 is 0 Å². The number of carbonyl (C=O) groups excluding carboxylic acids is 2. The van der Waals surface area contributed by atoms with Crippen molar-refractivity contribution in [2.75, 3.05) is 33.3 Å². The van der Waals surface area contributed by atoms with Crippen LogP contribution in [0, 0.1) is 20.8 Å². The number of urea groups is 1. The van der Waals surface area contributed by atoms with Crippen molar-refractivity contribution >= 4 is 11.9 Å². The first-order valence-electron chi connectivity index (χ1n) is 8.75. The molecule has 0 bridgehead atoms. The Morgan fingerprint density at radius 1 is 1.04 bits per heavy atom. The van der Waals surface area contributed by atoms with Crippen LogP contribution in [-0.4, -0.2) is 61.1 Å². The lowest BCUT2D eigenvalue weighted by Gasteiger charge is -2.35. The van der Waals surface area contributed by atoms with Crippen LogP contribution in [0.1, 0.15) is 40.9 Å². The van der Waals surface area contributed by atoms with E-state index in [0.717, 1.165) is 28.0 Å². The molecule has 1 saturated heterocycles. The zero-order chi connectivity index (χ0) is 18.7. The van der Waals surface area contributed by atoms with E-state index in [0.29, 0.717) is 26.2 Å². The van der Waals surface area contributed by atoms with Gasteiger partial charge < -0.3 is 19.9 Å². The lowest BCUT2D eigenvalue weighted by molar-refractivity contribution is 0.0663. The summed E-state index contributed by atoms with van der Waals surface area (Å²) in [4.78, 5) is 28.6. The standard InChI is InChI=1S/C19H29N3O3/c1-12(2)20-19(24)22-9-7-21(8-10-22)18(23)16-11-13(3)17(25-6)15(5)14(16)4/h11-12H,7-10H2,1-6H3,(H,20,24). The van der Waals surface area contributed by atoms with Gasteiger partial charge >= 0.3 is 6.03 Å². The molecule has 138 valence electrons. The van der Waals surface area contributed by atoms with E-state index in [4.69, 9.17) is 4.74 Å². The number of amides is 3. The Bertz CT molecular complexity index is 662. The van der Waals surface area contributed by atoms with Crippen LogP contribution in [0.5, 0.6) is 5.75 Å². The van der Waals surface area contributed by atoms with E-state index >= 15 is 0 Å². The molecule has 0 unspecified atom stereocenters. The Labute approximate surface area is 150 Å². The fourth-order valence-corrected chi connectivity index (χ4v) is 3.22. The Morgan fingerprint density at radius 2 is 1.60 bits per heavy atom. The number of methoxy groups -OCH3 is 1. The first-order chi connectivity index (χ1) is 11.8. The Balaban J connectivity index is 2.10. The summed E-state index contributed by atoms with van der Waals surface area (Å²) >= 11 is 0. The lowest BCUT2D eigenvalue weighted by Crippen LogP contribution is -2.54. The number of hydrogen-bond acceptors (Lipinski definition) is 3. The molecule has 1 aliphatic rings. The van der Waals surface area contributed by atoms with Crippen molar-refractivity contribution in [2.45, 2.75) is 40.7 Å². The quantitative estimate of drug-likeness (QED) is 0.914. The molecule has 0 aliphatic carbocycles. The summed E-state index contributed by atoms with van der Waals surface area (Å²) in [7, 11) is 1.65.